The number of carbonyl (C=O) groups is 1. The Morgan fingerprint density at radius 1 is 1.03 bits per heavy atom. The topological polar surface area (TPSA) is 49.8 Å². The molecule has 5 rings (SSSR count). The van der Waals surface area contributed by atoms with Crippen LogP contribution in [-0.4, -0.2) is 40.3 Å². The van der Waals surface area contributed by atoms with E-state index in [-0.39, 0.29) is 24.9 Å². The molecule has 2 saturated heterocycles. The number of alkyl halides is 3. The molecule has 3 aliphatic rings. The number of rotatable bonds is 5. The monoisotopic (exact) mass is 495 g/mol. The number of hydrogen-bond donors (Lipinski definition) is 1. The van der Waals surface area contributed by atoms with Crippen LogP contribution >= 0.6 is 11.6 Å². The van der Waals surface area contributed by atoms with Crippen LogP contribution in [0.15, 0.2) is 30.3 Å². The van der Waals surface area contributed by atoms with Crippen LogP contribution < -0.4 is 4.74 Å². The molecule has 0 amide bonds. The van der Waals surface area contributed by atoms with Gasteiger partial charge in [-0.2, -0.15) is 13.2 Å². The molecule has 3 fully saturated rings. The Labute approximate surface area is 202 Å². The quantitative estimate of drug-likeness (QED) is 0.494. The highest BCUT2D eigenvalue weighted by Crippen LogP contribution is 2.42. The highest BCUT2D eigenvalue weighted by Gasteiger charge is 2.43. The van der Waals surface area contributed by atoms with E-state index in [4.69, 9.17) is 16.3 Å². The van der Waals surface area contributed by atoms with Gasteiger partial charge < -0.3 is 9.84 Å². The molecule has 2 unspecified atom stereocenters. The molecule has 2 aromatic carbocycles. The van der Waals surface area contributed by atoms with E-state index in [1.807, 2.05) is 12.1 Å². The van der Waals surface area contributed by atoms with Crippen LogP contribution in [0.2, 0.25) is 5.02 Å². The number of nitrogens with zero attached hydrogens (tertiary/aromatic N) is 1. The first kappa shape index (κ1) is 23.7. The lowest BCUT2D eigenvalue weighted by molar-refractivity contribution is -0.185. The first-order valence-corrected chi connectivity index (χ1v) is 12.5. The zero-order valence-electron chi connectivity index (χ0n) is 18.9. The summed E-state index contributed by atoms with van der Waals surface area (Å²) < 4.78 is 44.9. The molecule has 34 heavy (non-hydrogen) atoms. The molecule has 2 bridgehead atoms. The molecular weight excluding hydrogens is 467 g/mol. The molecule has 1 saturated carbocycles. The Hall–Kier alpha value is -1.99. The standard InChI is InChI=1S/C26H29ClF3NO3/c27-24-22-11-15(14-31-19-6-7-20(31)13-17(12-19)25(32)33)1-2-16(22)3-10-23(24)34-21-8-4-18(5-9-21)26(28,29)30/h1-3,10-11,17-21H,4-9,12-14H2,(H,32,33)/t17?,18-,19?,20?,21+. The van der Waals surface area contributed by atoms with Crippen molar-refractivity contribution in [3.05, 3.63) is 40.9 Å². The largest absolute Gasteiger partial charge is 0.489 e. The molecule has 2 atom stereocenters. The number of carboxylic acids is 1. The summed E-state index contributed by atoms with van der Waals surface area (Å²) in [6.45, 7) is 0.750. The van der Waals surface area contributed by atoms with Crippen LogP contribution in [0.3, 0.4) is 0 Å². The minimum atomic E-state index is -4.13. The molecular formula is C26H29ClF3NO3. The molecule has 2 aromatic rings. The highest BCUT2D eigenvalue weighted by atomic mass is 35.5. The summed E-state index contributed by atoms with van der Waals surface area (Å²) >= 11 is 6.72. The third kappa shape index (κ3) is 4.74. The summed E-state index contributed by atoms with van der Waals surface area (Å²) in [5.74, 6) is -1.65. The fraction of sp³-hybridized carbons (Fsp3) is 0.577. The van der Waals surface area contributed by atoms with Gasteiger partial charge in [-0.3, -0.25) is 9.69 Å². The summed E-state index contributed by atoms with van der Waals surface area (Å²) in [5, 5.41) is 11.8. The van der Waals surface area contributed by atoms with Crippen LogP contribution in [0, 0.1) is 11.8 Å². The minimum Gasteiger partial charge on any atom is -0.489 e. The van der Waals surface area contributed by atoms with Crippen LogP contribution in [0.1, 0.15) is 56.9 Å². The second-order valence-electron chi connectivity index (χ2n) is 10.1. The van der Waals surface area contributed by atoms with Gasteiger partial charge in [0.1, 0.15) is 5.75 Å². The average molecular weight is 496 g/mol. The van der Waals surface area contributed by atoms with Crippen molar-refractivity contribution >= 4 is 28.3 Å². The van der Waals surface area contributed by atoms with E-state index in [2.05, 4.69) is 17.0 Å². The Balaban J connectivity index is 1.29. The van der Waals surface area contributed by atoms with Gasteiger partial charge in [-0.15, -0.1) is 0 Å². The molecule has 0 radical (unpaired) electrons. The molecule has 184 valence electrons. The van der Waals surface area contributed by atoms with Crippen molar-refractivity contribution < 1.29 is 27.8 Å². The number of carboxylic acid groups (broad SMARTS) is 1. The van der Waals surface area contributed by atoms with E-state index in [0.717, 1.165) is 35.7 Å². The lowest BCUT2D eigenvalue weighted by Crippen LogP contribution is -2.44. The first-order chi connectivity index (χ1) is 16.2. The molecule has 0 spiro atoms. The van der Waals surface area contributed by atoms with E-state index in [1.54, 1.807) is 6.07 Å². The zero-order valence-corrected chi connectivity index (χ0v) is 19.6. The third-order valence-electron chi connectivity index (χ3n) is 8.01. The summed E-state index contributed by atoms with van der Waals surface area (Å²) in [7, 11) is 0. The van der Waals surface area contributed by atoms with E-state index in [9.17, 15) is 23.1 Å². The second kappa shape index (κ2) is 9.23. The van der Waals surface area contributed by atoms with Gasteiger partial charge in [0.25, 0.3) is 0 Å². The fourth-order valence-corrected chi connectivity index (χ4v) is 6.40. The van der Waals surface area contributed by atoms with Crippen molar-refractivity contribution in [2.75, 3.05) is 0 Å². The molecule has 1 aliphatic carbocycles. The smallest absolute Gasteiger partial charge is 0.391 e. The normalized spacial score (nSPS) is 29.9. The maximum absolute atomic E-state index is 13.0. The van der Waals surface area contributed by atoms with Crippen molar-refractivity contribution in [3.63, 3.8) is 0 Å². The number of aliphatic carboxylic acids is 1. The summed E-state index contributed by atoms with van der Waals surface area (Å²) in [5.41, 5.74) is 1.11. The van der Waals surface area contributed by atoms with Crippen LogP contribution in [-0.2, 0) is 11.3 Å². The Morgan fingerprint density at radius 2 is 1.68 bits per heavy atom. The van der Waals surface area contributed by atoms with Crippen molar-refractivity contribution in [1.82, 2.24) is 4.90 Å². The lowest BCUT2D eigenvalue weighted by Gasteiger charge is -2.37. The van der Waals surface area contributed by atoms with Gasteiger partial charge in [0, 0.05) is 24.0 Å². The lowest BCUT2D eigenvalue weighted by atomic mass is 9.87. The van der Waals surface area contributed by atoms with E-state index >= 15 is 0 Å². The predicted molar refractivity (Wildman–Crippen MR) is 124 cm³/mol. The van der Waals surface area contributed by atoms with Crippen LogP contribution in [0.5, 0.6) is 5.75 Å². The number of halogens is 4. The predicted octanol–water partition coefficient (Wildman–Crippen LogP) is 6.82. The average Bonchev–Trinajstić information content (AvgIpc) is 3.02. The molecule has 8 heteroatoms. The Bertz CT molecular complexity index is 1050. The second-order valence-corrected chi connectivity index (χ2v) is 10.5. The number of piperidine rings is 1. The van der Waals surface area contributed by atoms with Crippen molar-refractivity contribution in [1.29, 1.82) is 0 Å². The molecule has 1 N–H and O–H groups in total. The SMILES string of the molecule is O=C(O)C1CC2CCC(C1)N2Cc1ccc2ccc(O[C@H]3CC[C@@H](C(F)(F)F)CC3)c(Cl)c2c1. The zero-order chi connectivity index (χ0) is 24.0. The van der Waals surface area contributed by atoms with Crippen molar-refractivity contribution in [2.24, 2.45) is 11.8 Å². The van der Waals surface area contributed by atoms with Gasteiger partial charge in [-0.1, -0.05) is 29.8 Å². The number of benzene rings is 2. The molecule has 2 heterocycles. The maximum Gasteiger partial charge on any atom is 0.391 e. The van der Waals surface area contributed by atoms with Gasteiger partial charge in [0.2, 0.25) is 0 Å². The summed E-state index contributed by atoms with van der Waals surface area (Å²) in [4.78, 5) is 13.9. The minimum absolute atomic E-state index is 0.0877. The van der Waals surface area contributed by atoms with E-state index in [0.29, 0.717) is 48.5 Å². The van der Waals surface area contributed by atoms with Crippen molar-refractivity contribution in [2.45, 2.75) is 82.3 Å². The first-order valence-electron chi connectivity index (χ1n) is 12.1. The van der Waals surface area contributed by atoms with Gasteiger partial charge in [0.05, 0.1) is 23.0 Å². The van der Waals surface area contributed by atoms with E-state index in [1.165, 1.54) is 0 Å². The number of fused-ring (bicyclic) bond motifs is 3. The van der Waals surface area contributed by atoms with Gasteiger partial charge >= 0.3 is 12.1 Å². The summed E-state index contributed by atoms with van der Waals surface area (Å²) in [6, 6.07) is 10.5. The summed E-state index contributed by atoms with van der Waals surface area (Å²) in [6.07, 6.45) is 0.00137. The fourth-order valence-electron chi connectivity index (χ4n) is 6.13. The molecule has 4 nitrogen and oxygen atoms in total. The van der Waals surface area contributed by atoms with E-state index < -0.39 is 18.1 Å². The van der Waals surface area contributed by atoms with Gasteiger partial charge in [-0.05, 0) is 74.4 Å². The Morgan fingerprint density at radius 3 is 2.29 bits per heavy atom. The van der Waals surface area contributed by atoms with Gasteiger partial charge in [-0.25, -0.2) is 0 Å². The number of ether oxygens (including phenoxy) is 1. The number of hydrogen-bond acceptors (Lipinski definition) is 3. The van der Waals surface area contributed by atoms with Crippen LogP contribution in [0.4, 0.5) is 13.2 Å². The Kier molecular flexibility index (Phi) is 6.44. The highest BCUT2D eigenvalue weighted by molar-refractivity contribution is 6.37. The van der Waals surface area contributed by atoms with Crippen molar-refractivity contribution in [3.8, 4) is 5.75 Å². The molecule has 2 aliphatic heterocycles. The molecule has 0 aromatic heterocycles. The third-order valence-corrected chi connectivity index (χ3v) is 8.40. The maximum atomic E-state index is 13.0. The van der Waals surface area contributed by atoms with Crippen LogP contribution in [0.25, 0.3) is 10.8 Å². The van der Waals surface area contributed by atoms with Gasteiger partial charge in [0.15, 0.2) is 0 Å².